The van der Waals surface area contributed by atoms with Gasteiger partial charge in [-0.25, -0.2) is 5.43 Å². The van der Waals surface area contributed by atoms with E-state index in [1.54, 1.807) is 67.8 Å². The number of hydrogen-bond donors (Lipinski definition) is 2. The van der Waals surface area contributed by atoms with Crippen molar-refractivity contribution in [2.24, 2.45) is 11.0 Å². The number of ether oxygens (including phenoxy) is 3. The quantitative estimate of drug-likeness (QED) is 0.209. The molecule has 3 aromatic rings. The Hall–Kier alpha value is -3.75. The molecule has 39 heavy (non-hydrogen) atoms. The maximum Gasteiger partial charge on any atom is 0.262 e. The summed E-state index contributed by atoms with van der Waals surface area (Å²) >= 11 is 12.2. The van der Waals surface area contributed by atoms with Gasteiger partial charge in [0.15, 0.2) is 11.5 Å². The lowest BCUT2D eigenvalue weighted by Crippen LogP contribution is -2.48. The van der Waals surface area contributed by atoms with Crippen LogP contribution in [0.1, 0.15) is 42.3 Å². The van der Waals surface area contributed by atoms with E-state index >= 15 is 0 Å². The van der Waals surface area contributed by atoms with Crippen LogP contribution in [0, 0.1) is 5.92 Å². The molecule has 1 atom stereocenters. The number of carbonyl (C=O) groups is 2. The van der Waals surface area contributed by atoms with Crippen molar-refractivity contribution in [1.82, 2.24) is 10.7 Å². The SMILES string of the molecule is CCOc1cc(/C=N/NC(=O)C(NC(=O)c2ccc(OC)cc2)C(C)C)ccc1OCc1ccc(Cl)cc1Cl. The minimum Gasteiger partial charge on any atom is -0.497 e. The van der Waals surface area contributed by atoms with Crippen LogP contribution in [0.2, 0.25) is 10.0 Å². The Kier molecular flexibility index (Phi) is 11.0. The van der Waals surface area contributed by atoms with Gasteiger partial charge < -0.3 is 19.5 Å². The lowest BCUT2D eigenvalue weighted by atomic mass is 10.0. The molecule has 0 fully saturated rings. The maximum atomic E-state index is 12.8. The first-order valence-electron chi connectivity index (χ1n) is 12.3. The van der Waals surface area contributed by atoms with Crippen LogP contribution >= 0.6 is 23.2 Å². The van der Waals surface area contributed by atoms with Crippen LogP contribution in [0.5, 0.6) is 17.2 Å². The van der Waals surface area contributed by atoms with Crippen LogP contribution in [-0.2, 0) is 11.4 Å². The molecule has 0 spiro atoms. The monoisotopic (exact) mass is 571 g/mol. The molecule has 0 aliphatic rings. The summed E-state index contributed by atoms with van der Waals surface area (Å²) in [5.74, 6) is 0.713. The van der Waals surface area contributed by atoms with Gasteiger partial charge in [-0.2, -0.15) is 5.10 Å². The summed E-state index contributed by atoms with van der Waals surface area (Å²) in [7, 11) is 1.55. The number of benzene rings is 3. The molecule has 0 radical (unpaired) electrons. The molecule has 0 saturated carbocycles. The van der Waals surface area contributed by atoms with Crippen molar-refractivity contribution in [3.63, 3.8) is 0 Å². The highest BCUT2D eigenvalue weighted by Gasteiger charge is 2.24. The van der Waals surface area contributed by atoms with Gasteiger partial charge in [0.1, 0.15) is 18.4 Å². The summed E-state index contributed by atoms with van der Waals surface area (Å²) in [6, 6.07) is 16.3. The van der Waals surface area contributed by atoms with Gasteiger partial charge in [0.25, 0.3) is 11.8 Å². The Labute approximate surface area is 238 Å². The highest BCUT2D eigenvalue weighted by Crippen LogP contribution is 2.30. The van der Waals surface area contributed by atoms with Gasteiger partial charge in [0, 0.05) is 21.2 Å². The van der Waals surface area contributed by atoms with E-state index in [2.05, 4.69) is 15.8 Å². The van der Waals surface area contributed by atoms with E-state index in [0.717, 1.165) is 5.56 Å². The Morgan fingerprint density at radius 3 is 2.36 bits per heavy atom. The zero-order valence-corrected chi connectivity index (χ0v) is 23.7. The summed E-state index contributed by atoms with van der Waals surface area (Å²) in [6.45, 7) is 6.21. The predicted octanol–water partition coefficient (Wildman–Crippen LogP) is 5.88. The number of amides is 2. The lowest BCUT2D eigenvalue weighted by molar-refractivity contribution is -0.123. The second-order valence-corrected chi connectivity index (χ2v) is 9.67. The molecule has 10 heteroatoms. The molecule has 1 unspecified atom stereocenters. The van der Waals surface area contributed by atoms with Crippen LogP contribution in [0.4, 0.5) is 0 Å². The minimum absolute atomic E-state index is 0.169. The Bertz CT molecular complexity index is 1310. The van der Waals surface area contributed by atoms with E-state index in [4.69, 9.17) is 37.4 Å². The molecule has 3 aromatic carbocycles. The largest absolute Gasteiger partial charge is 0.497 e. The van der Waals surface area contributed by atoms with Crippen molar-refractivity contribution in [2.75, 3.05) is 13.7 Å². The fourth-order valence-electron chi connectivity index (χ4n) is 3.53. The molecule has 2 N–H and O–H groups in total. The van der Waals surface area contributed by atoms with E-state index in [0.29, 0.717) is 45.0 Å². The Balaban J connectivity index is 1.63. The standard InChI is InChI=1S/C29H31Cl2N3O5/c1-5-38-26-14-19(6-13-25(26)39-17-21-7-10-22(30)15-24(21)31)16-32-34-29(36)27(18(2)3)33-28(35)20-8-11-23(37-4)12-9-20/h6-16,18,27H,5,17H2,1-4H3,(H,33,35)(H,34,36)/b32-16+. The van der Waals surface area contributed by atoms with Crippen molar-refractivity contribution in [1.29, 1.82) is 0 Å². The molecule has 206 valence electrons. The van der Waals surface area contributed by atoms with E-state index in [1.165, 1.54) is 6.21 Å². The molecule has 0 heterocycles. The predicted molar refractivity (Wildman–Crippen MR) is 153 cm³/mol. The highest BCUT2D eigenvalue weighted by atomic mass is 35.5. The lowest BCUT2D eigenvalue weighted by Gasteiger charge is -2.20. The number of hydrogen-bond acceptors (Lipinski definition) is 6. The molecule has 8 nitrogen and oxygen atoms in total. The number of rotatable bonds is 12. The zero-order chi connectivity index (χ0) is 28.4. The third-order valence-corrected chi connectivity index (χ3v) is 6.23. The summed E-state index contributed by atoms with van der Waals surface area (Å²) in [5, 5.41) is 7.90. The number of methoxy groups -OCH3 is 1. The number of carbonyl (C=O) groups excluding carboxylic acids is 2. The first kappa shape index (κ1) is 29.8. The number of nitrogens with zero attached hydrogens (tertiary/aromatic N) is 1. The average Bonchev–Trinajstić information content (AvgIpc) is 2.92. The van der Waals surface area contributed by atoms with Gasteiger partial charge in [-0.05, 0) is 73.0 Å². The zero-order valence-electron chi connectivity index (χ0n) is 22.2. The third-order valence-electron chi connectivity index (χ3n) is 5.64. The van der Waals surface area contributed by atoms with Crippen molar-refractivity contribution >= 4 is 41.2 Å². The molecule has 0 saturated heterocycles. The van der Waals surface area contributed by atoms with Gasteiger partial charge in [-0.1, -0.05) is 43.1 Å². The second-order valence-electron chi connectivity index (χ2n) is 8.82. The Morgan fingerprint density at radius 1 is 0.974 bits per heavy atom. The Morgan fingerprint density at radius 2 is 1.72 bits per heavy atom. The van der Waals surface area contributed by atoms with Crippen molar-refractivity contribution in [3.05, 3.63) is 87.4 Å². The fourth-order valence-corrected chi connectivity index (χ4v) is 3.99. The molecule has 0 aromatic heterocycles. The molecular weight excluding hydrogens is 541 g/mol. The number of halogens is 2. The molecule has 0 aliphatic heterocycles. The first-order chi connectivity index (χ1) is 18.7. The third kappa shape index (κ3) is 8.63. The molecule has 0 aliphatic carbocycles. The van der Waals surface area contributed by atoms with Crippen LogP contribution in [0.15, 0.2) is 65.8 Å². The van der Waals surface area contributed by atoms with Crippen LogP contribution in [-0.4, -0.2) is 37.8 Å². The molecule has 2 amide bonds. The minimum atomic E-state index is -0.786. The fraction of sp³-hybridized carbons (Fsp3) is 0.276. The normalized spacial score (nSPS) is 11.8. The van der Waals surface area contributed by atoms with E-state index < -0.39 is 11.9 Å². The molecule has 0 bridgehead atoms. The number of nitrogens with one attached hydrogen (secondary N) is 2. The van der Waals surface area contributed by atoms with Crippen LogP contribution in [0.3, 0.4) is 0 Å². The highest BCUT2D eigenvalue weighted by molar-refractivity contribution is 6.35. The number of hydrazone groups is 1. The smallest absolute Gasteiger partial charge is 0.262 e. The second kappa shape index (κ2) is 14.4. The van der Waals surface area contributed by atoms with Gasteiger partial charge in [-0.3, -0.25) is 9.59 Å². The van der Waals surface area contributed by atoms with Crippen molar-refractivity contribution in [2.45, 2.75) is 33.4 Å². The van der Waals surface area contributed by atoms with E-state index in [1.807, 2.05) is 20.8 Å². The summed E-state index contributed by atoms with van der Waals surface area (Å²) < 4.78 is 16.8. The molecule has 3 rings (SSSR count). The van der Waals surface area contributed by atoms with Crippen LogP contribution < -0.4 is 25.0 Å². The van der Waals surface area contributed by atoms with Gasteiger partial charge in [0.05, 0.1) is 19.9 Å². The average molecular weight is 572 g/mol. The maximum absolute atomic E-state index is 12.8. The van der Waals surface area contributed by atoms with Crippen molar-refractivity contribution < 1.29 is 23.8 Å². The topological polar surface area (TPSA) is 98.2 Å². The van der Waals surface area contributed by atoms with E-state index in [-0.39, 0.29) is 18.4 Å². The van der Waals surface area contributed by atoms with Crippen LogP contribution in [0.25, 0.3) is 0 Å². The summed E-state index contributed by atoms with van der Waals surface area (Å²) in [6.07, 6.45) is 1.49. The summed E-state index contributed by atoms with van der Waals surface area (Å²) in [5.41, 5.74) is 4.40. The van der Waals surface area contributed by atoms with Gasteiger partial charge in [-0.15, -0.1) is 0 Å². The molecular formula is C29H31Cl2N3O5. The van der Waals surface area contributed by atoms with Crippen molar-refractivity contribution in [3.8, 4) is 17.2 Å². The first-order valence-corrected chi connectivity index (χ1v) is 13.1. The van der Waals surface area contributed by atoms with Gasteiger partial charge >= 0.3 is 0 Å². The van der Waals surface area contributed by atoms with E-state index in [9.17, 15) is 9.59 Å². The van der Waals surface area contributed by atoms with Gasteiger partial charge in [0.2, 0.25) is 0 Å². The summed E-state index contributed by atoms with van der Waals surface area (Å²) in [4.78, 5) is 25.5.